The Hall–Kier alpha value is 0.617. The van der Waals surface area contributed by atoms with Crippen LogP contribution in [0, 0.1) is 0 Å². The van der Waals surface area contributed by atoms with E-state index >= 15 is 0 Å². The first-order valence-corrected chi connectivity index (χ1v) is 2.25. The third-order valence-electron chi connectivity index (χ3n) is 0.167. The van der Waals surface area contributed by atoms with Crippen molar-refractivity contribution in [2.45, 2.75) is 0 Å². The summed E-state index contributed by atoms with van der Waals surface area (Å²) in [5, 5.41) is 0. The van der Waals surface area contributed by atoms with Crippen molar-refractivity contribution in [3.05, 3.63) is 0 Å². The average molecular weight is 114 g/mol. The Morgan fingerprint density at radius 3 is 2.00 bits per heavy atom. The first kappa shape index (κ1) is 9.79. The molecule has 0 aliphatic heterocycles. The molecule has 0 amide bonds. The van der Waals surface area contributed by atoms with E-state index < -0.39 is 9.17 Å². The standard InChI is InChI=1S/CH3O3Si.Na/c1-4-5(2)3;/h1H3;/q-1;+1. The summed E-state index contributed by atoms with van der Waals surface area (Å²) in [6.45, 7) is 0. The Bertz CT molecular complexity index is 46.1. The minimum Gasteiger partial charge on any atom is -0.591 e. The summed E-state index contributed by atoms with van der Waals surface area (Å²) < 4.78 is 13.0. The predicted octanol–water partition coefficient (Wildman–Crippen LogP) is -4.59. The Kier molecular flexibility index (Phi) is 9.17. The van der Waals surface area contributed by atoms with E-state index in [9.17, 15) is 9.26 Å². The van der Waals surface area contributed by atoms with Gasteiger partial charge in [-0.05, 0) is 0 Å². The minimum atomic E-state index is -2.87. The molecular weight excluding hydrogens is 111 g/mol. The molecule has 3 nitrogen and oxygen atoms in total. The second-order valence-electron chi connectivity index (χ2n) is 0.454. The summed E-state index contributed by atoms with van der Waals surface area (Å²) in [4.78, 5) is 9.22. The average Bonchev–Trinajstić information content (AvgIpc) is 1.38. The molecule has 0 aromatic rings. The van der Waals surface area contributed by atoms with E-state index in [1.54, 1.807) is 0 Å². The van der Waals surface area contributed by atoms with Crippen LogP contribution in [-0.2, 0) is 8.89 Å². The molecule has 0 heterocycles. The molecule has 0 saturated heterocycles. The summed E-state index contributed by atoms with van der Waals surface area (Å²) in [5.41, 5.74) is 0. The predicted molar refractivity (Wildman–Crippen MR) is 13.4 cm³/mol. The van der Waals surface area contributed by atoms with Gasteiger partial charge >= 0.3 is 38.7 Å². The van der Waals surface area contributed by atoms with Crippen LogP contribution in [-0.4, -0.2) is 16.3 Å². The van der Waals surface area contributed by atoms with E-state index in [4.69, 9.17) is 0 Å². The first-order valence-electron chi connectivity index (χ1n) is 1.02. The molecule has 0 bridgehead atoms. The molecule has 0 atom stereocenters. The Labute approximate surface area is 59.5 Å². The smallest absolute Gasteiger partial charge is 0.591 e. The van der Waals surface area contributed by atoms with Gasteiger partial charge in [-0.25, -0.2) is 0 Å². The van der Waals surface area contributed by atoms with Crippen LogP contribution >= 0.6 is 0 Å². The van der Waals surface area contributed by atoms with Gasteiger partial charge in [0.25, 0.3) is 0 Å². The molecule has 0 radical (unpaired) electrons. The van der Waals surface area contributed by atoms with Gasteiger partial charge < -0.3 is 13.7 Å². The van der Waals surface area contributed by atoms with Crippen molar-refractivity contribution in [1.29, 1.82) is 0 Å². The van der Waals surface area contributed by atoms with Crippen LogP contribution in [0.2, 0.25) is 0 Å². The molecule has 0 spiro atoms. The van der Waals surface area contributed by atoms with Crippen molar-refractivity contribution in [3.8, 4) is 0 Å². The van der Waals surface area contributed by atoms with E-state index in [1.807, 2.05) is 0 Å². The van der Waals surface area contributed by atoms with Gasteiger partial charge in [0.05, 0.1) is 0 Å². The fourth-order valence-electron chi connectivity index (χ4n) is 0. The monoisotopic (exact) mass is 114 g/mol. The summed E-state index contributed by atoms with van der Waals surface area (Å²) in [7, 11) is -1.75. The zero-order chi connectivity index (χ0) is 4.28. The van der Waals surface area contributed by atoms with E-state index in [1.165, 1.54) is 0 Å². The molecule has 0 unspecified atom stereocenters. The molecule has 0 aliphatic carbocycles. The quantitative estimate of drug-likeness (QED) is 0.322. The van der Waals surface area contributed by atoms with Gasteiger partial charge in [0.1, 0.15) is 0 Å². The first-order chi connectivity index (χ1) is 2.27. The van der Waals surface area contributed by atoms with Crippen molar-refractivity contribution in [3.63, 3.8) is 0 Å². The van der Waals surface area contributed by atoms with Gasteiger partial charge in [-0.15, -0.1) is 0 Å². The van der Waals surface area contributed by atoms with Crippen LogP contribution in [0.4, 0.5) is 0 Å². The number of rotatable bonds is 1. The summed E-state index contributed by atoms with van der Waals surface area (Å²) in [5.74, 6) is 0. The van der Waals surface area contributed by atoms with Gasteiger partial charge in [-0.1, -0.05) is 0 Å². The maximum atomic E-state index is 9.22. The Morgan fingerprint density at radius 2 is 2.00 bits per heavy atom. The normalized spacial score (nSPS) is 5.50. The summed E-state index contributed by atoms with van der Waals surface area (Å²) in [6, 6.07) is 0. The van der Waals surface area contributed by atoms with Crippen molar-refractivity contribution in [1.82, 2.24) is 0 Å². The van der Waals surface area contributed by atoms with Crippen LogP contribution in [0.1, 0.15) is 0 Å². The maximum Gasteiger partial charge on any atom is 1.00 e. The van der Waals surface area contributed by atoms with Crippen LogP contribution in [0.5, 0.6) is 0 Å². The molecule has 30 valence electrons. The van der Waals surface area contributed by atoms with E-state index in [-0.39, 0.29) is 29.6 Å². The molecule has 5 heteroatoms. The molecule has 0 aromatic heterocycles. The van der Waals surface area contributed by atoms with Crippen molar-refractivity contribution in [2.75, 3.05) is 7.11 Å². The third kappa shape index (κ3) is 8.82. The molecule has 0 aromatic carbocycles. The Balaban J connectivity index is 0. The molecule has 0 rings (SSSR count). The molecule has 0 saturated carbocycles. The zero-order valence-corrected chi connectivity index (χ0v) is 6.72. The van der Waals surface area contributed by atoms with Gasteiger partial charge in [0.2, 0.25) is 0 Å². The van der Waals surface area contributed by atoms with Crippen molar-refractivity contribution >= 4 is 9.17 Å². The SMILES string of the molecule is CO[Si](=O)[O-].[Na+]. The fraction of sp³-hybridized carbons (Fsp3) is 1.00. The Morgan fingerprint density at radius 1 is 1.83 bits per heavy atom. The van der Waals surface area contributed by atoms with Crippen molar-refractivity contribution in [2.24, 2.45) is 0 Å². The second kappa shape index (κ2) is 5.62. The van der Waals surface area contributed by atoms with Crippen LogP contribution in [0.3, 0.4) is 0 Å². The van der Waals surface area contributed by atoms with Crippen molar-refractivity contribution < 1.29 is 43.2 Å². The number of hydrogen-bond acceptors (Lipinski definition) is 3. The van der Waals surface area contributed by atoms with E-state index in [2.05, 4.69) is 4.43 Å². The zero-order valence-electron chi connectivity index (χ0n) is 3.72. The fourth-order valence-corrected chi connectivity index (χ4v) is 0. The summed E-state index contributed by atoms with van der Waals surface area (Å²) >= 11 is 0. The third-order valence-corrected chi connectivity index (χ3v) is 0.500. The summed E-state index contributed by atoms with van der Waals surface area (Å²) in [6.07, 6.45) is 0. The van der Waals surface area contributed by atoms with Gasteiger partial charge in [0, 0.05) is 7.11 Å². The van der Waals surface area contributed by atoms with E-state index in [0.717, 1.165) is 7.11 Å². The molecule has 0 fully saturated rings. The maximum absolute atomic E-state index is 9.22. The van der Waals surface area contributed by atoms with Gasteiger partial charge in [-0.3, -0.25) is 0 Å². The topological polar surface area (TPSA) is 49.4 Å². The molecule has 0 N–H and O–H groups in total. The van der Waals surface area contributed by atoms with Gasteiger partial charge in [0.15, 0.2) is 0 Å². The van der Waals surface area contributed by atoms with Gasteiger partial charge in [-0.2, -0.15) is 0 Å². The molecule has 6 heavy (non-hydrogen) atoms. The van der Waals surface area contributed by atoms with Crippen LogP contribution in [0.25, 0.3) is 0 Å². The van der Waals surface area contributed by atoms with Crippen LogP contribution < -0.4 is 34.4 Å². The number of hydrogen-bond donors (Lipinski definition) is 0. The largest absolute Gasteiger partial charge is 1.00 e. The van der Waals surface area contributed by atoms with Crippen LogP contribution in [0.15, 0.2) is 0 Å². The molecule has 0 aliphatic rings. The minimum absolute atomic E-state index is 0. The van der Waals surface area contributed by atoms with E-state index in [0.29, 0.717) is 0 Å². The molecular formula is CH3NaO3Si. The second-order valence-corrected chi connectivity index (χ2v) is 1.36.